The van der Waals surface area contributed by atoms with Gasteiger partial charge in [-0.2, -0.15) is 0 Å². The van der Waals surface area contributed by atoms with Gasteiger partial charge in [-0.05, 0) is 48.0 Å². The summed E-state index contributed by atoms with van der Waals surface area (Å²) in [5, 5.41) is 2.74. The zero-order chi connectivity index (χ0) is 15.6. The molecule has 1 aromatic carbocycles. The lowest BCUT2D eigenvalue weighted by Crippen LogP contribution is -2.29. The number of nitrogens with one attached hydrogen (secondary N) is 1. The van der Waals surface area contributed by atoms with E-state index in [-0.39, 0.29) is 24.2 Å². The van der Waals surface area contributed by atoms with Gasteiger partial charge >= 0.3 is 5.69 Å². The Morgan fingerprint density at radius 1 is 1.38 bits per heavy atom. The quantitative estimate of drug-likeness (QED) is 0.827. The van der Waals surface area contributed by atoms with Gasteiger partial charge in [0.1, 0.15) is 6.54 Å². The number of carbonyl (C=O) groups excluding carboxylic acids is 1. The molecule has 0 spiro atoms. The first-order valence-electron chi connectivity index (χ1n) is 6.50. The van der Waals surface area contributed by atoms with Crippen molar-refractivity contribution in [3.63, 3.8) is 0 Å². The number of rotatable bonds is 4. The van der Waals surface area contributed by atoms with E-state index >= 15 is 0 Å². The van der Waals surface area contributed by atoms with E-state index in [0.29, 0.717) is 15.8 Å². The van der Waals surface area contributed by atoms with Crippen LogP contribution in [-0.4, -0.2) is 15.0 Å². The number of halogens is 1. The minimum absolute atomic E-state index is 0.0324. The number of anilines is 2. The molecule has 2 rings (SSSR count). The maximum absolute atomic E-state index is 12.0. The van der Waals surface area contributed by atoms with Crippen LogP contribution in [0, 0.1) is 0 Å². The van der Waals surface area contributed by atoms with Crippen LogP contribution in [0.1, 0.15) is 19.9 Å². The molecule has 1 heterocycles. The number of benzene rings is 1. The Balaban J connectivity index is 2.10. The highest BCUT2D eigenvalue weighted by Crippen LogP contribution is 2.24. The van der Waals surface area contributed by atoms with Crippen molar-refractivity contribution in [2.75, 3.05) is 11.1 Å². The van der Waals surface area contributed by atoms with Crippen LogP contribution >= 0.6 is 15.9 Å². The standard InChI is InChI=1S/C14H17BrN4O2/c1-9(2)19-6-5-18(14(19)21)8-13(20)17-12-4-3-10(16)7-11(12)15/h3-7,9H,8,16H2,1-2H3,(H,17,20). The van der Waals surface area contributed by atoms with Crippen LogP contribution in [0.4, 0.5) is 11.4 Å². The molecule has 0 aliphatic heterocycles. The summed E-state index contributed by atoms with van der Waals surface area (Å²) < 4.78 is 3.65. The van der Waals surface area contributed by atoms with Gasteiger partial charge in [-0.25, -0.2) is 4.79 Å². The van der Waals surface area contributed by atoms with E-state index in [4.69, 9.17) is 5.73 Å². The molecule has 6 nitrogen and oxygen atoms in total. The van der Waals surface area contributed by atoms with Gasteiger partial charge in [0.05, 0.1) is 5.69 Å². The molecule has 0 radical (unpaired) electrons. The van der Waals surface area contributed by atoms with Gasteiger partial charge in [0, 0.05) is 28.6 Å². The van der Waals surface area contributed by atoms with Gasteiger partial charge in [0.25, 0.3) is 0 Å². The molecule has 0 atom stereocenters. The number of nitrogens with zero attached hydrogens (tertiary/aromatic N) is 2. The first-order valence-corrected chi connectivity index (χ1v) is 7.30. The lowest BCUT2D eigenvalue weighted by atomic mass is 10.3. The number of imidazole rings is 1. The fraction of sp³-hybridized carbons (Fsp3) is 0.286. The van der Waals surface area contributed by atoms with Crippen LogP contribution in [0.3, 0.4) is 0 Å². The van der Waals surface area contributed by atoms with E-state index in [1.165, 1.54) is 4.57 Å². The molecule has 0 bridgehead atoms. The highest BCUT2D eigenvalue weighted by Gasteiger charge is 2.11. The third-order valence-corrected chi connectivity index (χ3v) is 3.67. The van der Waals surface area contributed by atoms with Crippen LogP contribution in [0.25, 0.3) is 0 Å². The Kier molecular flexibility index (Phi) is 4.52. The van der Waals surface area contributed by atoms with Crippen molar-refractivity contribution in [2.24, 2.45) is 0 Å². The van der Waals surface area contributed by atoms with E-state index in [2.05, 4.69) is 21.2 Å². The van der Waals surface area contributed by atoms with Gasteiger partial charge in [0.2, 0.25) is 5.91 Å². The smallest absolute Gasteiger partial charge is 0.328 e. The minimum atomic E-state index is -0.274. The van der Waals surface area contributed by atoms with Crippen LogP contribution < -0.4 is 16.7 Å². The van der Waals surface area contributed by atoms with Crippen molar-refractivity contribution >= 4 is 33.2 Å². The van der Waals surface area contributed by atoms with Crippen LogP contribution in [0.2, 0.25) is 0 Å². The first-order chi connectivity index (χ1) is 9.88. The Hall–Kier alpha value is -2.02. The second-order valence-corrected chi connectivity index (χ2v) is 5.85. The van der Waals surface area contributed by atoms with E-state index in [0.717, 1.165) is 0 Å². The van der Waals surface area contributed by atoms with Gasteiger partial charge in [-0.3, -0.25) is 13.9 Å². The van der Waals surface area contributed by atoms with Gasteiger partial charge in [0.15, 0.2) is 0 Å². The van der Waals surface area contributed by atoms with Crippen LogP contribution in [-0.2, 0) is 11.3 Å². The fourth-order valence-electron chi connectivity index (χ4n) is 1.92. The molecular formula is C14H17BrN4O2. The second-order valence-electron chi connectivity index (χ2n) is 5.00. The monoisotopic (exact) mass is 352 g/mol. The Morgan fingerprint density at radius 3 is 2.67 bits per heavy atom. The molecule has 0 aliphatic rings. The number of nitrogens with two attached hydrogens (primary N) is 1. The summed E-state index contributed by atoms with van der Waals surface area (Å²) in [6.07, 6.45) is 3.29. The van der Waals surface area contributed by atoms with Crippen LogP contribution in [0.15, 0.2) is 39.9 Å². The van der Waals surface area contributed by atoms with Gasteiger partial charge < -0.3 is 11.1 Å². The average Bonchev–Trinajstić information content (AvgIpc) is 2.74. The van der Waals surface area contributed by atoms with Crippen molar-refractivity contribution in [1.82, 2.24) is 9.13 Å². The second kappa shape index (κ2) is 6.17. The maximum atomic E-state index is 12.0. The molecule has 1 aromatic heterocycles. The zero-order valence-electron chi connectivity index (χ0n) is 11.8. The predicted molar refractivity (Wildman–Crippen MR) is 86.3 cm³/mol. The summed E-state index contributed by atoms with van der Waals surface area (Å²) >= 11 is 3.33. The molecule has 0 unspecified atom stereocenters. The van der Waals surface area contributed by atoms with Crippen molar-refractivity contribution in [1.29, 1.82) is 0 Å². The zero-order valence-corrected chi connectivity index (χ0v) is 13.4. The maximum Gasteiger partial charge on any atom is 0.328 e. The third kappa shape index (κ3) is 3.55. The van der Waals surface area contributed by atoms with Gasteiger partial charge in [-0.1, -0.05) is 0 Å². The number of nitrogen functional groups attached to an aromatic ring is 1. The summed E-state index contributed by atoms with van der Waals surface area (Å²) in [7, 11) is 0. The molecule has 0 saturated carbocycles. The third-order valence-electron chi connectivity index (χ3n) is 3.01. The summed E-state index contributed by atoms with van der Waals surface area (Å²) in [6.45, 7) is 3.80. The molecule has 0 saturated heterocycles. The summed E-state index contributed by atoms with van der Waals surface area (Å²) in [5.41, 5.74) is 6.66. The topological polar surface area (TPSA) is 82.1 Å². The highest BCUT2D eigenvalue weighted by molar-refractivity contribution is 9.10. The molecule has 0 fully saturated rings. The van der Waals surface area contributed by atoms with E-state index in [1.54, 1.807) is 35.2 Å². The van der Waals surface area contributed by atoms with Crippen LogP contribution in [0.5, 0.6) is 0 Å². The van der Waals surface area contributed by atoms with E-state index < -0.39 is 0 Å². The fourth-order valence-corrected chi connectivity index (χ4v) is 2.41. The average molecular weight is 353 g/mol. The van der Waals surface area contributed by atoms with Crippen molar-refractivity contribution < 1.29 is 4.79 Å². The number of amides is 1. The summed E-state index contributed by atoms with van der Waals surface area (Å²) in [4.78, 5) is 24.0. The molecular weight excluding hydrogens is 336 g/mol. The normalized spacial score (nSPS) is 10.9. The number of carbonyl (C=O) groups is 1. The number of hydrogen-bond acceptors (Lipinski definition) is 3. The minimum Gasteiger partial charge on any atom is -0.399 e. The molecule has 21 heavy (non-hydrogen) atoms. The Morgan fingerprint density at radius 2 is 2.10 bits per heavy atom. The van der Waals surface area contributed by atoms with Gasteiger partial charge in [-0.15, -0.1) is 0 Å². The largest absolute Gasteiger partial charge is 0.399 e. The summed E-state index contributed by atoms with van der Waals surface area (Å²) in [5.74, 6) is -0.274. The lowest BCUT2D eigenvalue weighted by Gasteiger charge is -2.08. The SMILES string of the molecule is CC(C)n1ccn(CC(=O)Nc2ccc(N)cc2Br)c1=O. The lowest BCUT2D eigenvalue weighted by molar-refractivity contribution is -0.116. The van der Waals surface area contributed by atoms with Crippen molar-refractivity contribution in [3.8, 4) is 0 Å². The van der Waals surface area contributed by atoms with Crippen molar-refractivity contribution in [2.45, 2.75) is 26.4 Å². The molecule has 0 aliphatic carbocycles. The Labute approximate surface area is 130 Å². The van der Waals surface area contributed by atoms with E-state index in [9.17, 15) is 9.59 Å². The predicted octanol–water partition coefficient (Wildman–Crippen LogP) is 2.21. The highest BCUT2D eigenvalue weighted by atomic mass is 79.9. The molecule has 2 aromatic rings. The first kappa shape index (κ1) is 15.4. The number of hydrogen-bond donors (Lipinski definition) is 2. The molecule has 112 valence electrons. The number of aromatic nitrogens is 2. The van der Waals surface area contributed by atoms with E-state index in [1.807, 2.05) is 13.8 Å². The molecule has 7 heteroatoms. The van der Waals surface area contributed by atoms with Crippen molar-refractivity contribution in [3.05, 3.63) is 45.5 Å². The Bertz CT molecular complexity index is 718. The molecule has 3 N–H and O–H groups in total. The summed E-state index contributed by atoms with van der Waals surface area (Å²) in [6, 6.07) is 5.17. The molecule has 1 amide bonds.